The number of anilines is 1. The lowest BCUT2D eigenvalue weighted by atomic mass is 9.85. The highest BCUT2D eigenvalue weighted by atomic mass is 15.1. The van der Waals surface area contributed by atoms with Crippen molar-refractivity contribution in [1.29, 1.82) is 0 Å². The van der Waals surface area contributed by atoms with Crippen molar-refractivity contribution in [3.05, 3.63) is 23.9 Å². The van der Waals surface area contributed by atoms with Gasteiger partial charge in [0.2, 0.25) is 0 Å². The highest BCUT2D eigenvalue weighted by molar-refractivity contribution is 5.34. The standard InChI is InChI=1S/C14H23N3/c1-3-15-14-9-5-8-13(16-14)11-17(2)10-12-6-4-7-12/h5,8-9,12H,3-4,6-7,10-11H2,1-2H3,(H,15,16). The van der Waals surface area contributed by atoms with Crippen LogP contribution >= 0.6 is 0 Å². The molecule has 2 rings (SSSR count). The van der Waals surface area contributed by atoms with E-state index < -0.39 is 0 Å². The van der Waals surface area contributed by atoms with Crippen molar-refractivity contribution in [2.45, 2.75) is 32.7 Å². The number of hydrogen-bond acceptors (Lipinski definition) is 3. The van der Waals surface area contributed by atoms with Crippen LogP contribution in [-0.4, -0.2) is 30.0 Å². The molecule has 1 heterocycles. The van der Waals surface area contributed by atoms with E-state index >= 15 is 0 Å². The molecule has 0 saturated heterocycles. The monoisotopic (exact) mass is 233 g/mol. The van der Waals surface area contributed by atoms with Crippen LogP contribution in [0.2, 0.25) is 0 Å². The van der Waals surface area contributed by atoms with Crippen LogP contribution in [0.5, 0.6) is 0 Å². The molecule has 0 spiro atoms. The average Bonchev–Trinajstić information content (AvgIpc) is 2.25. The minimum atomic E-state index is 0.925. The lowest BCUT2D eigenvalue weighted by Crippen LogP contribution is -2.29. The Bertz CT molecular complexity index is 347. The number of pyridine rings is 1. The summed E-state index contributed by atoms with van der Waals surface area (Å²) in [4.78, 5) is 6.99. The van der Waals surface area contributed by atoms with Gasteiger partial charge in [-0.1, -0.05) is 12.5 Å². The second-order valence-electron chi connectivity index (χ2n) is 5.04. The maximum Gasteiger partial charge on any atom is 0.126 e. The van der Waals surface area contributed by atoms with Crippen LogP contribution in [-0.2, 0) is 6.54 Å². The molecule has 1 aromatic heterocycles. The lowest BCUT2D eigenvalue weighted by Gasteiger charge is -2.29. The molecule has 1 aromatic rings. The summed E-state index contributed by atoms with van der Waals surface area (Å²) in [7, 11) is 2.19. The van der Waals surface area contributed by atoms with Gasteiger partial charge >= 0.3 is 0 Å². The van der Waals surface area contributed by atoms with E-state index in [0.717, 1.165) is 30.5 Å². The van der Waals surface area contributed by atoms with Gasteiger partial charge in [-0.05, 0) is 44.9 Å². The molecule has 1 aliphatic carbocycles. The summed E-state index contributed by atoms with van der Waals surface area (Å²) in [6.45, 7) is 5.19. The lowest BCUT2D eigenvalue weighted by molar-refractivity contribution is 0.199. The van der Waals surface area contributed by atoms with Gasteiger partial charge in [0.25, 0.3) is 0 Å². The topological polar surface area (TPSA) is 28.2 Å². The van der Waals surface area contributed by atoms with Crippen LogP contribution < -0.4 is 5.32 Å². The Morgan fingerprint density at radius 1 is 1.41 bits per heavy atom. The van der Waals surface area contributed by atoms with Gasteiger partial charge in [0.15, 0.2) is 0 Å². The molecule has 1 N–H and O–H groups in total. The molecule has 0 aromatic carbocycles. The minimum Gasteiger partial charge on any atom is -0.370 e. The van der Waals surface area contributed by atoms with Gasteiger partial charge in [-0.2, -0.15) is 0 Å². The third kappa shape index (κ3) is 3.70. The van der Waals surface area contributed by atoms with Crippen LogP contribution in [0.15, 0.2) is 18.2 Å². The molecular formula is C14H23N3. The Hall–Kier alpha value is -1.09. The van der Waals surface area contributed by atoms with E-state index in [1.807, 2.05) is 6.07 Å². The summed E-state index contributed by atoms with van der Waals surface area (Å²) in [6, 6.07) is 6.22. The summed E-state index contributed by atoms with van der Waals surface area (Å²) < 4.78 is 0. The van der Waals surface area contributed by atoms with Crippen molar-refractivity contribution >= 4 is 5.82 Å². The minimum absolute atomic E-state index is 0.925. The predicted molar refractivity (Wildman–Crippen MR) is 72.1 cm³/mol. The van der Waals surface area contributed by atoms with Gasteiger partial charge in [-0.3, -0.25) is 0 Å². The van der Waals surface area contributed by atoms with E-state index in [0.29, 0.717) is 0 Å². The van der Waals surface area contributed by atoms with Crippen LogP contribution in [0.25, 0.3) is 0 Å². The van der Waals surface area contributed by atoms with Crippen molar-refractivity contribution in [3.8, 4) is 0 Å². The first-order valence-electron chi connectivity index (χ1n) is 6.66. The van der Waals surface area contributed by atoms with Crippen molar-refractivity contribution in [2.75, 3.05) is 25.5 Å². The number of hydrogen-bond donors (Lipinski definition) is 1. The van der Waals surface area contributed by atoms with E-state index in [-0.39, 0.29) is 0 Å². The molecule has 0 unspecified atom stereocenters. The first-order chi connectivity index (χ1) is 8.28. The molecule has 1 saturated carbocycles. The Balaban J connectivity index is 1.85. The van der Waals surface area contributed by atoms with Gasteiger partial charge in [-0.25, -0.2) is 4.98 Å². The van der Waals surface area contributed by atoms with Crippen LogP contribution in [0.1, 0.15) is 31.9 Å². The van der Waals surface area contributed by atoms with Crippen molar-refractivity contribution in [2.24, 2.45) is 5.92 Å². The summed E-state index contributed by atoms with van der Waals surface area (Å²) in [5, 5.41) is 3.25. The van der Waals surface area contributed by atoms with Crippen LogP contribution in [0.3, 0.4) is 0 Å². The SMILES string of the molecule is CCNc1cccc(CN(C)CC2CCC2)n1. The fourth-order valence-electron chi connectivity index (χ4n) is 2.30. The normalized spacial score (nSPS) is 15.9. The molecule has 3 heteroatoms. The number of aromatic nitrogens is 1. The fourth-order valence-corrected chi connectivity index (χ4v) is 2.30. The van der Waals surface area contributed by atoms with Crippen LogP contribution in [0.4, 0.5) is 5.82 Å². The highest BCUT2D eigenvalue weighted by Crippen LogP contribution is 2.27. The van der Waals surface area contributed by atoms with Crippen molar-refractivity contribution in [1.82, 2.24) is 9.88 Å². The maximum absolute atomic E-state index is 4.60. The third-order valence-corrected chi connectivity index (χ3v) is 3.39. The Kier molecular flexibility index (Phi) is 4.37. The Labute approximate surface area is 104 Å². The van der Waals surface area contributed by atoms with Crippen LogP contribution in [0, 0.1) is 5.92 Å². The van der Waals surface area contributed by atoms with E-state index in [1.165, 1.54) is 25.8 Å². The van der Waals surface area contributed by atoms with E-state index in [1.54, 1.807) is 0 Å². The zero-order valence-corrected chi connectivity index (χ0v) is 10.9. The van der Waals surface area contributed by atoms with Gasteiger partial charge < -0.3 is 10.2 Å². The highest BCUT2D eigenvalue weighted by Gasteiger charge is 2.19. The number of nitrogens with one attached hydrogen (secondary N) is 1. The summed E-state index contributed by atoms with van der Waals surface area (Å²) in [5.41, 5.74) is 1.16. The molecule has 0 amide bonds. The van der Waals surface area contributed by atoms with Gasteiger partial charge in [0, 0.05) is 19.6 Å². The summed E-state index contributed by atoms with van der Waals surface area (Å²) in [5.74, 6) is 1.92. The Morgan fingerprint density at radius 3 is 2.88 bits per heavy atom. The van der Waals surface area contributed by atoms with Gasteiger partial charge in [-0.15, -0.1) is 0 Å². The molecule has 0 atom stereocenters. The largest absolute Gasteiger partial charge is 0.370 e. The average molecular weight is 233 g/mol. The fraction of sp³-hybridized carbons (Fsp3) is 0.643. The summed E-state index contributed by atoms with van der Waals surface area (Å²) >= 11 is 0. The number of nitrogens with zero attached hydrogens (tertiary/aromatic N) is 2. The predicted octanol–water partition coefficient (Wildman–Crippen LogP) is 2.75. The van der Waals surface area contributed by atoms with E-state index in [2.05, 4.69) is 41.3 Å². The molecule has 1 aliphatic rings. The molecule has 94 valence electrons. The van der Waals surface area contributed by atoms with E-state index in [4.69, 9.17) is 0 Å². The molecule has 3 nitrogen and oxygen atoms in total. The zero-order valence-electron chi connectivity index (χ0n) is 10.9. The second-order valence-corrected chi connectivity index (χ2v) is 5.04. The Morgan fingerprint density at radius 2 is 2.24 bits per heavy atom. The first kappa shape index (κ1) is 12.4. The van der Waals surface area contributed by atoms with Crippen molar-refractivity contribution in [3.63, 3.8) is 0 Å². The second kappa shape index (κ2) is 6.01. The van der Waals surface area contributed by atoms with Gasteiger partial charge in [0.05, 0.1) is 5.69 Å². The third-order valence-electron chi connectivity index (χ3n) is 3.39. The molecular weight excluding hydrogens is 210 g/mol. The quantitative estimate of drug-likeness (QED) is 0.819. The summed E-state index contributed by atoms with van der Waals surface area (Å²) in [6.07, 6.45) is 4.25. The van der Waals surface area contributed by atoms with Gasteiger partial charge in [0.1, 0.15) is 5.82 Å². The first-order valence-corrected chi connectivity index (χ1v) is 6.66. The zero-order chi connectivity index (χ0) is 12.1. The number of rotatable bonds is 6. The van der Waals surface area contributed by atoms with Crippen molar-refractivity contribution < 1.29 is 0 Å². The molecule has 0 bridgehead atoms. The van der Waals surface area contributed by atoms with E-state index in [9.17, 15) is 0 Å². The molecule has 0 radical (unpaired) electrons. The smallest absolute Gasteiger partial charge is 0.126 e. The maximum atomic E-state index is 4.60. The molecule has 17 heavy (non-hydrogen) atoms. The molecule has 1 fully saturated rings. The molecule has 0 aliphatic heterocycles.